The number of hydrogen-bond acceptors (Lipinski definition) is 7. The van der Waals surface area contributed by atoms with Crippen LogP contribution in [0.4, 0.5) is 10.2 Å². The SMILES string of the molecule is C#Cc1c(P)ccc2cc(O)cc(-c3nc(C#CCCC(C)C)c4c(N5CC6CCC(C5)N6)nc(OC)nc4c3F)c12. The number of piperazine rings is 1. The second-order valence-corrected chi connectivity index (χ2v) is 12.0. The van der Waals surface area contributed by atoms with Crippen molar-refractivity contribution in [1.82, 2.24) is 20.3 Å². The third-order valence-electron chi connectivity index (χ3n) is 8.03. The summed E-state index contributed by atoms with van der Waals surface area (Å²) < 4.78 is 22.3. The van der Waals surface area contributed by atoms with E-state index in [2.05, 4.69) is 56.0 Å². The number of nitrogens with one attached hydrogen (secondary N) is 1. The maximum Gasteiger partial charge on any atom is 0.318 e. The summed E-state index contributed by atoms with van der Waals surface area (Å²) in [6, 6.07) is 7.53. The van der Waals surface area contributed by atoms with Crippen molar-refractivity contribution in [2.45, 2.75) is 51.6 Å². The smallest absolute Gasteiger partial charge is 0.318 e. The lowest BCUT2D eigenvalue weighted by molar-refractivity contribution is 0.380. The van der Waals surface area contributed by atoms with Gasteiger partial charge in [0.2, 0.25) is 0 Å². The number of benzene rings is 2. The lowest BCUT2D eigenvalue weighted by Gasteiger charge is -2.34. The number of anilines is 1. The van der Waals surface area contributed by atoms with Gasteiger partial charge in [-0.1, -0.05) is 37.8 Å². The number of aromatic hydroxyl groups is 1. The number of aromatic nitrogens is 3. The summed E-state index contributed by atoms with van der Waals surface area (Å²) >= 11 is 0. The van der Waals surface area contributed by atoms with Crippen molar-refractivity contribution in [2.24, 2.45) is 5.92 Å². The standard InChI is InChI=1S/C33H33FN5O2P/c1-5-23-26(42)13-10-19-14-22(40)15-24(27(19)23)30-29(34)31-28(25(36-30)9-7-6-8-18(2)3)32(38-33(37-31)41-4)39-16-20-11-12-21(17-39)35-20/h1,10,13-15,18,20-21,35,40H,6,8,11-12,16-17,42H2,2-4H3. The Morgan fingerprint density at radius 1 is 1.17 bits per heavy atom. The molecule has 2 N–H and O–H groups in total. The Hall–Kier alpha value is -3.97. The first-order valence-corrected chi connectivity index (χ1v) is 14.8. The molecule has 6 rings (SSSR count). The van der Waals surface area contributed by atoms with Gasteiger partial charge in [-0.2, -0.15) is 9.97 Å². The van der Waals surface area contributed by atoms with E-state index in [4.69, 9.17) is 21.1 Å². The Balaban J connectivity index is 1.66. The average Bonchev–Trinajstić information content (AvgIpc) is 3.32. The fraction of sp³-hybridized carbons (Fsp3) is 0.364. The molecule has 2 aromatic heterocycles. The largest absolute Gasteiger partial charge is 0.508 e. The number of phenolic OH excluding ortho intramolecular Hbond substituents is 1. The maximum absolute atomic E-state index is 16.8. The molecule has 2 bridgehead atoms. The van der Waals surface area contributed by atoms with E-state index in [9.17, 15) is 5.11 Å². The van der Waals surface area contributed by atoms with E-state index in [1.807, 2.05) is 12.1 Å². The molecule has 3 atom stereocenters. The number of terminal acetylenes is 1. The number of fused-ring (bicyclic) bond motifs is 4. The molecule has 0 saturated carbocycles. The minimum atomic E-state index is -0.651. The van der Waals surface area contributed by atoms with Crippen LogP contribution in [0.25, 0.3) is 32.9 Å². The van der Waals surface area contributed by atoms with Crippen molar-refractivity contribution in [1.29, 1.82) is 0 Å². The fourth-order valence-corrected chi connectivity index (χ4v) is 6.33. The molecule has 9 heteroatoms. The van der Waals surface area contributed by atoms with Gasteiger partial charge < -0.3 is 20.1 Å². The van der Waals surface area contributed by atoms with Crippen LogP contribution in [0, 0.1) is 35.9 Å². The van der Waals surface area contributed by atoms with Gasteiger partial charge in [0.1, 0.15) is 28.5 Å². The molecule has 214 valence electrons. The summed E-state index contributed by atoms with van der Waals surface area (Å²) in [7, 11) is 4.10. The Bertz CT molecular complexity index is 1810. The summed E-state index contributed by atoms with van der Waals surface area (Å²) in [5, 5.41) is 16.8. The molecule has 2 saturated heterocycles. The van der Waals surface area contributed by atoms with Gasteiger partial charge in [0, 0.05) is 48.1 Å². The first-order chi connectivity index (χ1) is 20.3. The van der Waals surface area contributed by atoms with Gasteiger partial charge in [-0.3, -0.25) is 0 Å². The molecule has 7 nitrogen and oxygen atoms in total. The number of rotatable bonds is 5. The van der Waals surface area contributed by atoms with Crippen LogP contribution < -0.4 is 20.3 Å². The van der Waals surface area contributed by atoms with Crippen molar-refractivity contribution in [3.05, 3.63) is 41.3 Å². The van der Waals surface area contributed by atoms with Gasteiger partial charge in [-0.05, 0) is 53.9 Å². The van der Waals surface area contributed by atoms with Crippen molar-refractivity contribution < 1.29 is 14.2 Å². The van der Waals surface area contributed by atoms with Crippen molar-refractivity contribution in [3.63, 3.8) is 0 Å². The zero-order chi connectivity index (χ0) is 29.5. The molecular formula is C33H33FN5O2P. The van der Waals surface area contributed by atoms with E-state index in [1.54, 1.807) is 6.07 Å². The summed E-state index contributed by atoms with van der Waals surface area (Å²) in [5.41, 5.74) is 1.41. The summed E-state index contributed by atoms with van der Waals surface area (Å²) in [6.45, 7) is 5.77. The van der Waals surface area contributed by atoms with Crippen molar-refractivity contribution in [2.75, 3.05) is 25.1 Å². The number of nitrogens with zero attached hydrogens (tertiary/aromatic N) is 4. The Labute approximate surface area is 247 Å². The Kier molecular flexibility index (Phi) is 7.62. The zero-order valence-corrected chi connectivity index (χ0v) is 25.1. The number of phenols is 1. The first-order valence-electron chi connectivity index (χ1n) is 14.2. The summed E-state index contributed by atoms with van der Waals surface area (Å²) in [5.74, 6) is 9.62. The van der Waals surface area contributed by atoms with Gasteiger partial charge in [-0.25, -0.2) is 9.37 Å². The van der Waals surface area contributed by atoms with Crippen LogP contribution in [0.1, 0.15) is 50.8 Å². The lowest BCUT2D eigenvalue weighted by Crippen LogP contribution is -2.51. The van der Waals surface area contributed by atoms with E-state index in [0.717, 1.165) is 37.7 Å². The van der Waals surface area contributed by atoms with Crippen LogP contribution in [0.2, 0.25) is 0 Å². The van der Waals surface area contributed by atoms with E-state index in [1.165, 1.54) is 13.2 Å². The molecule has 2 aliphatic rings. The monoisotopic (exact) mass is 581 g/mol. The van der Waals surface area contributed by atoms with Gasteiger partial charge in [0.25, 0.3) is 0 Å². The van der Waals surface area contributed by atoms with E-state index in [0.29, 0.717) is 63.2 Å². The molecule has 4 heterocycles. The van der Waals surface area contributed by atoms with E-state index >= 15 is 4.39 Å². The molecule has 2 fully saturated rings. The van der Waals surface area contributed by atoms with Gasteiger partial charge in [0.15, 0.2) is 5.82 Å². The molecule has 3 unspecified atom stereocenters. The minimum Gasteiger partial charge on any atom is -0.508 e. The fourth-order valence-electron chi connectivity index (χ4n) is 6.01. The second kappa shape index (κ2) is 11.4. The molecule has 42 heavy (non-hydrogen) atoms. The third-order valence-corrected chi connectivity index (χ3v) is 8.51. The summed E-state index contributed by atoms with van der Waals surface area (Å²) in [4.78, 5) is 16.3. The van der Waals surface area contributed by atoms with Gasteiger partial charge in [-0.15, -0.1) is 15.7 Å². The molecule has 2 aromatic carbocycles. The highest BCUT2D eigenvalue weighted by molar-refractivity contribution is 7.27. The van der Waals surface area contributed by atoms with Crippen molar-refractivity contribution >= 4 is 42.0 Å². The van der Waals surface area contributed by atoms with Crippen LogP contribution in [-0.2, 0) is 0 Å². The molecule has 0 aliphatic carbocycles. The van der Waals surface area contributed by atoms with Crippen LogP contribution in [0.3, 0.4) is 0 Å². The molecule has 0 spiro atoms. The van der Waals surface area contributed by atoms with Crippen molar-refractivity contribution in [3.8, 4) is 47.2 Å². The highest BCUT2D eigenvalue weighted by Crippen LogP contribution is 2.40. The predicted octanol–water partition coefficient (Wildman–Crippen LogP) is 4.91. The minimum absolute atomic E-state index is 0.00995. The Morgan fingerprint density at radius 2 is 1.93 bits per heavy atom. The highest BCUT2D eigenvalue weighted by atomic mass is 31.0. The number of methoxy groups -OCH3 is 1. The lowest BCUT2D eigenvalue weighted by atomic mass is 9.95. The molecule has 2 aliphatic heterocycles. The van der Waals surface area contributed by atoms with Gasteiger partial charge in [0.05, 0.1) is 12.5 Å². The highest BCUT2D eigenvalue weighted by Gasteiger charge is 2.35. The van der Waals surface area contributed by atoms with Crippen LogP contribution in [-0.4, -0.2) is 52.3 Å². The second-order valence-electron chi connectivity index (χ2n) is 11.4. The first kappa shape index (κ1) is 28.2. The molecular weight excluding hydrogens is 548 g/mol. The summed E-state index contributed by atoms with van der Waals surface area (Å²) in [6.07, 6.45) is 9.69. The Morgan fingerprint density at radius 3 is 2.62 bits per heavy atom. The molecule has 0 radical (unpaired) electrons. The van der Waals surface area contributed by atoms with E-state index < -0.39 is 5.82 Å². The van der Waals surface area contributed by atoms with Crippen LogP contribution in [0.15, 0.2) is 24.3 Å². The van der Waals surface area contributed by atoms with Crippen LogP contribution >= 0.6 is 9.24 Å². The predicted molar refractivity (Wildman–Crippen MR) is 169 cm³/mol. The normalized spacial score (nSPS) is 17.9. The number of hydrogen-bond donors (Lipinski definition) is 2. The zero-order valence-electron chi connectivity index (χ0n) is 24.0. The topological polar surface area (TPSA) is 83.4 Å². The number of pyridine rings is 1. The quantitative estimate of drug-likeness (QED) is 0.256. The number of ether oxygens (including phenoxy) is 1. The maximum atomic E-state index is 16.8. The van der Waals surface area contributed by atoms with E-state index in [-0.39, 0.29) is 23.0 Å². The molecule has 0 amide bonds. The third kappa shape index (κ3) is 5.11. The average molecular weight is 582 g/mol. The number of halogens is 1. The van der Waals surface area contributed by atoms with Gasteiger partial charge >= 0.3 is 6.01 Å². The molecule has 4 aromatic rings. The van der Waals surface area contributed by atoms with Crippen LogP contribution in [0.5, 0.6) is 11.8 Å².